The van der Waals surface area contributed by atoms with Crippen molar-refractivity contribution < 1.29 is 0 Å². The molecule has 0 bridgehead atoms. The highest BCUT2D eigenvalue weighted by Crippen LogP contribution is 2.28. The van der Waals surface area contributed by atoms with Crippen LogP contribution in [0.25, 0.3) is 0 Å². The molecular weight excluding hydrogens is 238 g/mol. The lowest BCUT2D eigenvalue weighted by Crippen LogP contribution is -2.37. The van der Waals surface area contributed by atoms with E-state index in [0.717, 1.165) is 18.8 Å². The Morgan fingerprint density at radius 1 is 1.42 bits per heavy atom. The molecule has 2 rings (SSSR count). The number of hydrogen-bond acceptors (Lipinski definition) is 2. The highest BCUT2D eigenvalue weighted by atomic mass is 15.3. The Balaban J connectivity index is 1.94. The number of nitrogens with zero attached hydrogens (tertiary/aromatic N) is 4. The summed E-state index contributed by atoms with van der Waals surface area (Å²) in [5.41, 5.74) is 6.96. The van der Waals surface area contributed by atoms with Gasteiger partial charge < -0.3 is 10.6 Å². The van der Waals surface area contributed by atoms with E-state index in [1.807, 2.05) is 4.90 Å². The first-order valence-electron chi connectivity index (χ1n) is 7.33. The third-order valence-electron chi connectivity index (χ3n) is 3.85. The van der Waals surface area contributed by atoms with Gasteiger partial charge >= 0.3 is 0 Å². The van der Waals surface area contributed by atoms with E-state index in [9.17, 15) is 0 Å². The normalized spacial score (nSPS) is 17.1. The average molecular weight is 263 g/mol. The zero-order chi connectivity index (χ0) is 13.7. The van der Waals surface area contributed by atoms with Crippen LogP contribution in [0.3, 0.4) is 0 Å². The zero-order valence-corrected chi connectivity index (χ0v) is 12.0. The first-order chi connectivity index (χ1) is 9.24. The van der Waals surface area contributed by atoms with Crippen LogP contribution in [-0.4, -0.2) is 33.7 Å². The molecule has 106 valence electrons. The van der Waals surface area contributed by atoms with Crippen molar-refractivity contribution in [3.8, 4) is 0 Å². The largest absolute Gasteiger partial charge is 0.370 e. The highest BCUT2D eigenvalue weighted by molar-refractivity contribution is 5.77. The zero-order valence-electron chi connectivity index (χ0n) is 12.0. The number of hydrogen-bond donors (Lipinski definition) is 1. The van der Waals surface area contributed by atoms with Crippen LogP contribution in [0.2, 0.25) is 0 Å². The third kappa shape index (κ3) is 3.49. The highest BCUT2D eigenvalue weighted by Gasteiger charge is 2.17. The minimum Gasteiger partial charge on any atom is -0.370 e. The second-order valence-electron chi connectivity index (χ2n) is 5.07. The average Bonchev–Trinajstić information content (AvgIpc) is 3.08. The Morgan fingerprint density at radius 3 is 2.74 bits per heavy atom. The molecule has 2 N–H and O–H groups in total. The second-order valence-corrected chi connectivity index (χ2v) is 5.07. The van der Waals surface area contributed by atoms with Crippen molar-refractivity contribution in [1.82, 2.24) is 14.7 Å². The molecule has 0 atom stereocenters. The summed E-state index contributed by atoms with van der Waals surface area (Å²) in [6.45, 7) is 6.52. The van der Waals surface area contributed by atoms with Crippen molar-refractivity contribution in [2.24, 2.45) is 10.7 Å². The van der Waals surface area contributed by atoms with E-state index in [-0.39, 0.29) is 0 Å². The smallest absolute Gasteiger partial charge is 0.191 e. The van der Waals surface area contributed by atoms with E-state index in [1.54, 1.807) is 0 Å². The van der Waals surface area contributed by atoms with Gasteiger partial charge in [0.25, 0.3) is 0 Å². The van der Waals surface area contributed by atoms with E-state index in [1.165, 1.54) is 25.7 Å². The number of rotatable bonds is 5. The molecule has 0 amide bonds. The SMILES string of the molecule is CCN(CC)C(N)=NCc1ccn(C2CCCC2)n1. The van der Waals surface area contributed by atoms with Crippen LogP contribution >= 0.6 is 0 Å². The van der Waals surface area contributed by atoms with Crippen LogP contribution in [0, 0.1) is 0 Å². The molecule has 1 aliphatic rings. The topological polar surface area (TPSA) is 59.4 Å². The van der Waals surface area contributed by atoms with E-state index in [0.29, 0.717) is 18.5 Å². The van der Waals surface area contributed by atoms with E-state index in [2.05, 4.69) is 40.9 Å². The van der Waals surface area contributed by atoms with Crippen molar-refractivity contribution in [3.05, 3.63) is 18.0 Å². The maximum absolute atomic E-state index is 5.96. The van der Waals surface area contributed by atoms with Gasteiger partial charge in [-0.3, -0.25) is 4.68 Å². The summed E-state index contributed by atoms with van der Waals surface area (Å²) in [5, 5.41) is 4.61. The van der Waals surface area contributed by atoms with Crippen molar-refractivity contribution in [2.75, 3.05) is 13.1 Å². The van der Waals surface area contributed by atoms with E-state index in [4.69, 9.17) is 5.73 Å². The van der Waals surface area contributed by atoms with Gasteiger partial charge in [-0.2, -0.15) is 5.10 Å². The molecule has 0 unspecified atom stereocenters. The number of nitrogens with two attached hydrogens (primary N) is 1. The number of aromatic nitrogens is 2. The van der Waals surface area contributed by atoms with Crippen LogP contribution in [0.5, 0.6) is 0 Å². The van der Waals surface area contributed by atoms with Crippen molar-refractivity contribution >= 4 is 5.96 Å². The first-order valence-corrected chi connectivity index (χ1v) is 7.33. The predicted molar refractivity (Wildman–Crippen MR) is 78.0 cm³/mol. The van der Waals surface area contributed by atoms with Crippen molar-refractivity contribution in [2.45, 2.75) is 52.1 Å². The van der Waals surface area contributed by atoms with Crippen molar-refractivity contribution in [1.29, 1.82) is 0 Å². The van der Waals surface area contributed by atoms with Gasteiger partial charge in [0.2, 0.25) is 0 Å². The van der Waals surface area contributed by atoms with Crippen LogP contribution in [0.1, 0.15) is 51.3 Å². The molecule has 0 aromatic carbocycles. The van der Waals surface area contributed by atoms with Crippen LogP contribution in [-0.2, 0) is 6.54 Å². The van der Waals surface area contributed by atoms with Gasteiger partial charge in [0.15, 0.2) is 5.96 Å². The Labute approximate surface area is 115 Å². The summed E-state index contributed by atoms with van der Waals surface area (Å²) >= 11 is 0. The molecule has 0 saturated heterocycles. The molecular formula is C14H25N5. The maximum Gasteiger partial charge on any atom is 0.191 e. The quantitative estimate of drug-likeness (QED) is 0.654. The Morgan fingerprint density at radius 2 is 2.11 bits per heavy atom. The molecule has 0 radical (unpaired) electrons. The van der Waals surface area contributed by atoms with Crippen LogP contribution in [0.15, 0.2) is 17.3 Å². The van der Waals surface area contributed by atoms with E-state index >= 15 is 0 Å². The van der Waals surface area contributed by atoms with Crippen LogP contribution < -0.4 is 5.73 Å². The predicted octanol–water partition coefficient (Wildman–Crippen LogP) is 2.15. The first kappa shape index (κ1) is 13.9. The monoisotopic (exact) mass is 263 g/mol. The molecule has 0 spiro atoms. The summed E-state index contributed by atoms with van der Waals surface area (Å²) < 4.78 is 2.10. The lowest BCUT2D eigenvalue weighted by molar-refractivity contribution is 0.455. The lowest BCUT2D eigenvalue weighted by atomic mass is 10.3. The van der Waals surface area contributed by atoms with Crippen molar-refractivity contribution in [3.63, 3.8) is 0 Å². The fraction of sp³-hybridized carbons (Fsp3) is 0.714. The minimum absolute atomic E-state index is 0.571. The molecule has 1 fully saturated rings. The van der Waals surface area contributed by atoms with Gasteiger partial charge in [-0.1, -0.05) is 12.8 Å². The standard InChI is InChI=1S/C14H25N5/c1-3-18(4-2)14(15)16-11-12-9-10-19(17-12)13-7-5-6-8-13/h9-10,13H,3-8,11H2,1-2H3,(H2,15,16). The molecule has 5 heteroatoms. The fourth-order valence-electron chi connectivity index (χ4n) is 2.64. The molecule has 1 heterocycles. The Hall–Kier alpha value is -1.52. The maximum atomic E-state index is 5.96. The molecule has 5 nitrogen and oxygen atoms in total. The summed E-state index contributed by atoms with van der Waals surface area (Å²) in [6, 6.07) is 2.65. The Bertz CT molecular complexity index is 413. The summed E-state index contributed by atoms with van der Waals surface area (Å²) in [5.74, 6) is 0.611. The summed E-state index contributed by atoms with van der Waals surface area (Å²) in [7, 11) is 0. The Kier molecular flexibility index (Phi) is 4.82. The lowest BCUT2D eigenvalue weighted by Gasteiger charge is -2.19. The van der Waals surface area contributed by atoms with Crippen LogP contribution in [0.4, 0.5) is 0 Å². The number of aliphatic imine (C=N–C) groups is 1. The molecule has 19 heavy (non-hydrogen) atoms. The fourth-order valence-corrected chi connectivity index (χ4v) is 2.64. The second kappa shape index (κ2) is 6.59. The molecule has 1 saturated carbocycles. The van der Waals surface area contributed by atoms with E-state index < -0.39 is 0 Å². The van der Waals surface area contributed by atoms with Gasteiger partial charge in [-0.05, 0) is 32.8 Å². The van der Waals surface area contributed by atoms with Gasteiger partial charge in [-0.25, -0.2) is 4.99 Å². The van der Waals surface area contributed by atoms with Gasteiger partial charge in [0, 0.05) is 19.3 Å². The molecule has 1 aromatic heterocycles. The number of guanidine groups is 1. The molecule has 1 aliphatic carbocycles. The van der Waals surface area contributed by atoms with Gasteiger partial charge in [-0.15, -0.1) is 0 Å². The van der Waals surface area contributed by atoms with Gasteiger partial charge in [0.1, 0.15) is 0 Å². The molecule has 0 aliphatic heterocycles. The summed E-state index contributed by atoms with van der Waals surface area (Å²) in [4.78, 5) is 6.47. The third-order valence-corrected chi connectivity index (χ3v) is 3.85. The van der Waals surface area contributed by atoms with Gasteiger partial charge in [0.05, 0.1) is 18.3 Å². The molecule has 1 aromatic rings. The summed E-state index contributed by atoms with van der Waals surface area (Å²) in [6.07, 6.45) is 7.24. The minimum atomic E-state index is 0.571.